The number of carbonyl (C=O) groups excluding carboxylic acids is 1. The van der Waals surface area contributed by atoms with Crippen LogP contribution in [0.25, 0.3) is 0 Å². The summed E-state index contributed by atoms with van der Waals surface area (Å²) in [5.41, 5.74) is 1.16. The normalized spacial score (nSPS) is 20.6. The molecule has 0 N–H and O–H groups in total. The predicted octanol–water partition coefficient (Wildman–Crippen LogP) is 1.01. The lowest BCUT2D eigenvalue weighted by Gasteiger charge is -2.38. The number of benzene rings is 1. The van der Waals surface area contributed by atoms with Crippen molar-refractivity contribution in [1.29, 1.82) is 0 Å². The van der Waals surface area contributed by atoms with Crippen LogP contribution in [0.1, 0.15) is 18.4 Å². The zero-order valence-corrected chi connectivity index (χ0v) is 17.0. The van der Waals surface area contributed by atoms with Crippen LogP contribution in [0.3, 0.4) is 0 Å². The first-order chi connectivity index (χ1) is 12.9. The Labute approximate surface area is 161 Å². The number of hydrogen-bond donors (Lipinski definition) is 0. The van der Waals surface area contributed by atoms with Crippen molar-refractivity contribution in [1.82, 2.24) is 14.1 Å². The van der Waals surface area contributed by atoms with Crippen LogP contribution >= 0.6 is 0 Å². The molecule has 2 aliphatic heterocycles. The van der Waals surface area contributed by atoms with Crippen molar-refractivity contribution in [3.05, 3.63) is 29.8 Å². The fourth-order valence-electron chi connectivity index (χ4n) is 3.89. The van der Waals surface area contributed by atoms with Crippen LogP contribution < -0.4 is 4.74 Å². The van der Waals surface area contributed by atoms with Crippen LogP contribution in [-0.4, -0.2) is 81.1 Å². The lowest BCUT2D eigenvalue weighted by Crippen LogP contribution is -2.51. The van der Waals surface area contributed by atoms with Gasteiger partial charge in [0.25, 0.3) is 0 Å². The monoisotopic (exact) mass is 395 g/mol. The summed E-state index contributed by atoms with van der Waals surface area (Å²) in [6.45, 7) is 4.84. The Hall–Kier alpha value is -1.64. The zero-order valence-electron chi connectivity index (χ0n) is 16.1. The summed E-state index contributed by atoms with van der Waals surface area (Å²) in [6, 6.07) is 8.03. The molecule has 0 unspecified atom stereocenters. The first-order valence-corrected chi connectivity index (χ1v) is 11.3. The Morgan fingerprint density at radius 3 is 2.30 bits per heavy atom. The van der Waals surface area contributed by atoms with E-state index in [4.69, 9.17) is 4.74 Å². The summed E-state index contributed by atoms with van der Waals surface area (Å²) in [4.78, 5) is 17.1. The van der Waals surface area contributed by atoms with E-state index >= 15 is 0 Å². The van der Waals surface area contributed by atoms with Crippen LogP contribution in [0, 0.1) is 5.92 Å². The van der Waals surface area contributed by atoms with Crippen molar-refractivity contribution >= 4 is 15.9 Å². The molecule has 2 aliphatic rings. The van der Waals surface area contributed by atoms with Crippen LogP contribution in [0.15, 0.2) is 24.3 Å². The molecule has 7 nitrogen and oxygen atoms in total. The first-order valence-electron chi connectivity index (χ1n) is 9.46. The summed E-state index contributed by atoms with van der Waals surface area (Å²) in [7, 11) is -1.47. The maximum Gasteiger partial charge on any atom is 0.225 e. The van der Waals surface area contributed by atoms with Gasteiger partial charge < -0.3 is 9.64 Å². The SMILES string of the molecule is COc1ccccc1CN1CCN(C(=O)C2CCN(S(C)(=O)=O)CC2)CC1. The number of piperazine rings is 1. The van der Waals surface area contributed by atoms with E-state index in [1.807, 2.05) is 23.1 Å². The number of amides is 1. The number of nitrogens with zero attached hydrogens (tertiary/aromatic N) is 3. The number of methoxy groups -OCH3 is 1. The fourth-order valence-corrected chi connectivity index (χ4v) is 4.77. The number of carbonyl (C=O) groups is 1. The van der Waals surface area contributed by atoms with E-state index < -0.39 is 10.0 Å². The molecule has 0 aliphatic carbocycles. The lowest BCUT2D eigenvalue weighted by molar-refractivity contribution is -0.138. The number of para-hydroxylation sites is 1. The molecule has 0 bridgehead atoms. The highest BCUT2D eigenvalue weighted by molar-refractivity contribution is 7.88. The number of rotatable bonds is 5. The molecule has 3 rings (SSSR count). The van der Waals surface area contributed by atoms with Gasteiger partial charge in [-0.05, 0) is 18.9 Å². The third-order valence-corrected chi connectivity index (χ3v) is 6.85. The summed E-state index contributed by atoms with van der Waals surface area (Å²) < 4.78 is 30.1. The average molecular weight is 396 g/mol. The molecule has 27 heavy (non-hydrogen) atoms. The van der Waals surface area contributed by atoms with Crippen molar-refractivity contribution in [3.63, 3.8) is 0 Å². The predicted molar refractivity (Wildman–Crippen MR) is 104 cm³/mol. The van der Waals surface area contributed by atoms with Gasteiger partial charge in [-0.1, -0.05) is 18.2 Å². The maximum atomic E-state index is 12.8. The molecule has 2 fully saturated rings. The largest absolute Gasteiger partial charge is 0.496 e. The smallest absolute Gasteiger partial charge is 0.225 e. The van der Waals surface area contributed by atoms with Crippen molar-refractivity contribution in [2.24, 2.45) is 5.92 Å². The maximum absolute atomic E-state index is 12.8. The number of hydrogen-bond acceptors (Lipinski definition) is 5. The van der Waals surface area contributed by atoms with E-state index in [0.29, 0.717) is 25.9 Å². The van der Waals surface area contributed by atoms with E-state index in [2.05, 4.69) is 11.0 Å². The van der Waals surface area contributed by atoms with Crippen LogP contribution in [0.2, 0.25) is 0 Å². The average Bonchev–Trinajstić information content (AvgIpc) is 2.68. The molecular formula is C19H29N3O4S. The van der Waals surface area contributed by atoms with Crippen LogP contribution in [-0.2, 0) is 21.4 Å². The molecule has 8 heteroatoms. The highest BCUT2D eigenvalue weighted by atomic mass is 32.2. The second-order valence-corrected chi connectivity index (χ2v) is 9.33. The van der Waals surface area contributed by atoms with Crippen molar-refractivity contribution in [3.8, 4) is 5.75 Å². The summed E-state index contributed by atoms with van der Waals surface area (Å²) in [6.07, 6.45) is 2.47. The van der Waals surface area contributed by atoms with Gasteiger partial charge in [0.05, 0.1) is 13.4 Å². The van der Waals surface area contributed by atoms with Crippen molar-refractivity contribution in [2.75, 3.05) is 52.6 Å². The van der Waals surface area contributed by atoms with Gasteiger partial charge in [0.1, 0.15) is 5.75 Å². The highest BCUT2D eigenvalue weighted by Crippen LogP contribution is 2.23. The molecule has 1 aromatic carbocycles. The number of sulfonamides is 1. The molecule has 0 spiro atoms. The van der Waals surface area contributed by atoms with Gasteiger partial charge in [0.15, 0.2) is 0 Å². The Balaban J connectivity index is 1.48. The molecule has 2 saturated heterocycles. The van der Waals surface area contributed by atoms with Gasteiger partial charge >= 0.3 is 0 Å². The van der Waals surface area contributed by atoms with Crippen molar-refractivity contribution in [2.45, 2.75) is 19.4 Å². The van der Waals surface area contributed by atoms with Crippen molar-refractivity contribution < 1.29 is 17.9 Å². The quantitative estimate of drug-likeness (QED) is 0.744. The van der Waals surface area contributed by atoms with E-state index in [1.165, 1.54) is 10.6 Å². The van der Waals surface area contributed by atoms with Crippen LogP contribution in [0.4, 0.5) is 0 Å². The molecule has 0 saturated carbocycles. The van der Waals surface area contributed by atoms with Gasteiger partial charge in [0, 0.05) is 57.3 Å². The Morgan fingerprint density at radius 2 is 1.70 bits per heavy atom. The summed E-state index contributed by atoms with van der Waals surface area (Å²) in [5.74, 6) is 1.03. The molecule has 1 aromatic rings. The molecule has 1 amide bonds. The summed E-state index contributed by atoms with van der Waals surface area (Å²) in [5, 5.41) is 0. The summed E-state index contributed by atoms with van der Waals surface area (Å²) >= 11 is 0. The van der Waals surface area contributed by atoms with Gasteiger partial charge in [-0.15, -0.1) is 0 Å². The number of piperidine rings is 1. The minimum absolute atomic E-state index is 0.0521. The topological polar surface area (TPSA) is 70.2 Å². The molecular weight excluding hydrogens is 366 g/mol. The number of ether oxygens (including phenoxy) is 1. The van der Waals surface area contributed by atoms with Gasteiger partial charge in [-0.25, -0.2) is 12.7 Å². The third kappa shape index (κ3) is 5.00. The molecule has 0 aromatic heterocycles. The molecule has 0 radical (unpaired) electrons. The minimum Gasteiger partial charge on any atom is -0.496 e. The molecule has 150 valence electrons. The van der Waals surface area contributed by atoms with E-state index in [1.54, 1.807) is 7.11 Å². The lowest BCUT2D eigenvalue weighted by atomic mass is 9.96. The van der Waals surface area contributed by atoms with E-state index in [9.17, 15) is 13.2 Å². The van der Waals surface area contributed by atoms with Gasteiger partial charge in [-0.3, -0.25) is 9.69 Å². The Bertz CT molecular complexity index is 752. The standard InChI is InChI=1S/C19H29N3O4S/c1-26-18-6-4-3-5-17(18)15-20-11-13-21(14-12-20)19(23)16-7-9-22(10-8-16)27(2,24)25/h3-6,16H,7-15H2,1-2H3. The zero-order chi connectivity index (χ0) is 19.4. The van der Waals surface area contributed by atoms with Gasteiger partial charge in [0.2, 0.25) is 15.9 Å². The highest BCUT2D eigenvalue weighted by Gasteiger charge is 2.32. The van der Waals surface area contributed by atoms with E-state index in [0.717, 1.165) is 44.0 Å². The first kappa shape index (κ1) is 20.1. The second kappa shape index (κ2) is 8.58. The molecule has 0 atom stereocenters. The third-order valence-electron chi connectivity index (χ3n) is 5.54. The van der Waals surface area contributed by atoms with Crippen LogP contribution in [0.5, 0.6) is 5.75 Å². The Kier molecular flexibility index (Phi) is 6.39. The second-order valence-electron chi connectivity index (χ2n) is 7.35. The minimum atomic E-state index is -3.15. The Morgan fingerprint density at radius 1 is 1.07 bits per heavy atom. The van der Waals surface area contributed by atoms with Gasteiger partial charge in [-0.2, -0.15) is 0 Å². The van der Waals surface area contributed by atoms with E-state index in [-0.39, 0.29) is 11.8 Å². The fraction of sp³-hybridized carbons (Fsp3) is 0.632. The molecule has 2 heterocycles.